The molecule has 2 rings (SSSR count). The van der Waals surface area contributed by atoms with Crippen molar-refractivity contribution in [3.8, 4) is 0 Å². The van der Waals surface area contributed by atoms with Crippen LogP contribution in [0.1, 0.15) is 46.0 Å². The number of nitrogens with two attached hydrogens (primary N) is 1. The number of hydrogen-bond donors (Lipinski definition) is 2. The van der Waals surface area contributed by atoms with Crippen LogP contribution in [0, 0.1) is 10.8 Å². The molecule has 1 aliphatic heterocycles. The van der Waals surface area contributed by atoms with Gasteiger partial charge in [0.2, 0.25) is 5.91 Å². The predicted molar refractivity (Wildman–Crippen MR) is 77.8 cm³/mol. The van der Waals surface area contributed by atoms with Crippen molar-refractivity contribution in [3.63, 3.8) is 0 Å². The zero-order valence-electron chi connectivity index (χ0n) is 12.7. The quantitative estimate of drug-likeness (QED) is 0.811. The van der Waals surface area contributed by atoms with Gasteiger partial charge >= 0.3 is 0 Å². The van der Waals surface area contributed by atoms with Gasteiger partial charge in [-0.25, -0.2) is 0 Å². The fourth-order valence-electron chi connectivity index (χ4n) is 3.31. The van der Waals surface area contributed by atoms with E-state index in [0.29, 0.717) is 0 Å². The minimum Gasteiger partial charge on any atom is -0.355 e. The topological polar surface area (TPSA) is 58.4 Å². The van der Waals surface area contributed by atoms with E-state index in [-0.39, 0.29) is 22.8 Å². The summed E-state index contributed by atoms with van der Waals surface area (Å²) in [5.41, 5.74) is 6.01. The molecule has 0 bridgehead atoms. The summed E-state index contributed by atoms with van der Waals surface area (Å²) < 4.78 is 0. The zero-order valence-corrected chi connectivity index (χ0v) is 12.7. The van der Waals surface area contributed by atoms with E-state index in [2.05, 4.69) is 24.2 Å². The molecule has 1 heterocycles. The molecule has 1 saturated carbocycles. The minimum atomic E-state index is -0.345. The van der Waals surface area contributed by atoms with Gasteiger partial charge < -0.3 is 16.0 Å². The second-order valence-electron chi connectivity index (χ2n) is 7.21. The Hall–Kier alpha value is -0.610. The standard InChI is InChI=1S/C15H29N3O/c1-14(7-9-18(3)10-8-14)11-17-13(19)15(2)6-4-5-12(15)16/h12H,4-11,16H2,1-3H3,(H,17,19). The van der Waals surface area contributed by atoms with Crippen molar-refractivity contribution < 1.29 is 4.79 Å². The average molecular weight is 267 g/mol. The van der Waals surface area contributed by atoms with Gasteiger partial charge in [0, 0.05) is 12.6 Å². The number of carbonyl (C=O) groups is 1. The maximum absolute atomic E-state index is 12.4. The SMILES string of the molecule is CN1CCC(C)(CNC(=O)C2(C)CCCC2N)CC1. The average Bonchev–Trinajstić information content (AvgIpc) is 2.72. The fourth-order valence-corrected chi connectivity index (χ4v) is 3.31. The van der Waals surface area contributed by atoms with Crippen molar-refractivity contribution >= 4 is 5.91 Å². The molecule has 1 saturated heterocycles. The van der Waals surface area contributed by atoms with Crippen LogP contribution < -0.4 is 11.1 Å². The zero-order chi connectivity index (χ0) is 14.1. The molecule has 0 radical (unpaired) electrons. The summed E-state index contributed by atoms with van der Waals surface area (Å²) in [6.45, 7) is 7.36. The van der Waals surface area contributed by atoms with Crippen molar-refractivity contribution in [3.05, 3.63) is 0 Å². The van der Waals surface area contributed by atoms with Crippen molar-refractivity contribution in [1.29, 1.82) is 0 Å². The smallest absolute Gasteiger partial charge is 0.227 e. The second kappa shape index (κ2) is 5.41. The van der Waals surface area contributed by atoms with E-state index < -0.39 is 0 Å². The molecular formula is C15H29N3O. The normalized spacial score (nSPS) is 35.3. The molecule has 0 aromatic carbocycles. The summed E-state index contributed by atoms with van der Waals surface area (Å²) in [6, 6.07) is 0.0257. The third-order valence-corrected chi connectivity index (χ3v) is 5.42. The lowest BCUT2D eigenvalue weighted by molar-refractivity contribution is -0.131. The van der Waals surface area contributed by atoms with Crippen LogP contribution in [0.4, 0.5) is 0 Å². The molecule has 2 aliphatic rings. The van der Waals surface area contributed by atoms with Gasteiger partial charge in [0.15, 0.2) is 0 Å². The van der Waals surface area contributed by atoms with E-state index in [9.17, 15) is 4.79 Å². The second-order valence-corrected chi connectivity index (χ2v) is 7.21. The molecule has 0 spiro atoms. The molecule has 1 aliphatic carbocycles. The number of hydrogen-bond acceptors (Lipinski definition) is 3. The lowest BCUT2D eigenvalue weighted by Crippen LogP contribution is -2.51. The van der Waals surface area contributed by atoms with Crippen LogP contribution >= 0.6 is 0 Å². The van der Waals surface area contributed by atoms with Crippen molar-refractivity contribution in [2.75, 3.05) is 26.7 Å². The molecule has 4 nitrogen and oxygen atoms in total. The van der Waals surface area contributed by atoms with Crippen LogP contribution in [0.15, 0.2) is 0 Å². The number of nitrogens with zero attached hydrogens (tertiary/aromatic N) is 1. The van der Waals surface area contributed by atoms with Crippen molar-refractivity contribution in [2.24, 2.45) is 16.6 Å². The molecule has 2 atom stereocenters. The molecule has 0 aromatic rings. The van der Waals surface area contributed by atoms with Crippen LogP contribution in [-0.2, 0) is 4.79 Å². The molecule has 2 unspecified atom stereocenters. The summed E-state index contributed by atoms with van der Waals surface area (Å²) >= 11 is 0. The highest BCUT2D eigenvalue weighted by molar-refractivity contribution is 5.83. The Morgan fingerprint density at radius 2 is 1.95 bits per heavy atom. The third kappa shape index (κ3) is 3.11. The Balaban J connectivity index is 1.86. The first-order chi connectivity index (χ1) is 8.86. The Bertz CT molecular complexity index is 336. The van der Waals surface area contributed by atoms with Gasteiger partial charge in [0.1, 0.15) is 0 Å². The molecule has 3 N–H and O–H groups in total. The van der Waals surface area contributed by atoms with E-state index in [1.54, 1.807) is 0 Å². The first kappa shape index (κ1) is 14.8. The Labute approximate surface area is 117 Å². The highest BCUT2D eigenvalue weighted by Crippen LogP contribution is 2.37. The van der Waals surface area contributed by atoms with Gasteiger partial charge in [-0.2, -0.15) is 0 Å². The summed E-state index contributed by atoms with van der Waals surface area (Å²) in [7, 11) is 2.16. The Morgan fingerprint density at radius 3 is 2.47 bits per heavy atom. The van der Waals surface area contributed by atoms with Crippen LogP contribution in [-0.4, -0.2) is 43.5 Å². The van der Waals surface area contributed by atoms with Crippen LogP contribution in [0.5, 0.6) is 0 Å². The van der Waals surface area contributed by atoms with E-state index in [0.717, 1.165) is 51.7 Å². The molecule has 110 valence electrons. The lowest BCUT2D eigenvalue weighted by atomic mass is 9.79. The highest BCUT2D eigenvalue weighted by atomic mass is 16.2. The number of nitrogens with one attached hydrogen (secondary N) is 1. The molecule has 19 heavy (non-hydrogen) atoms. The summed E-state index contributed by atoms with van der Waals surface area (Å²) in [5, 5.41) is 3.18. The molecule has 0 aromatic heterocycles. The predicted octanol–water partition coefficient (Wildman–Crippen LogP) is 1.35. The number of piperidine rings is 1. The van der Waals surface area contributed by atoms with E-state index in [4.69, 9.17) is 5.73 Å². The van der Waals surface area contributed by atoms with Crippen LogP contribution in [0.3, 0.4) is 0 Å². The molecular weight excluding hydrogens is 238 g/mol. The highest BCUT2D eigenvalue weighted by Gasteiger charge is 2.43. The number of likely N-dealkylation sites (tertiary alicyclic amines) is 1. The van der Waals surface area contributed by atoms with Gasteiger partial charge in [-0.3, -0.25) is 4.79 Å². The van der Waals surface area contributed by atoms with Gasteiger partial charge in [-0.1, -0.05) is 13.3 Å². The fraction of sp³-hybridized carbons (Fsp3) is 0.933. The van der Waals surface area contributed by atoms with E-state index in [1.165, 1.54) is 0 Å². The summed E-state index contributed by atoms with van der Waals surface area (Å²) in [5.74, 6) is 0.164. The van der Waals surface area contributed by atoms with Gasteiger partial charge in [-0.05, 0) is 58.2 Å². The number of carbonyl (C=O) groups excluding carboxylic acids is 1. The van der Waals surface area contributed by atoms with Crippen molar-refractivity contribution in [2.45, 2.75) is 52.0 Å². The number of rotatable bonds is 3. The maximum Gasteiger partial charge on any atom is 0.227 e. The number of amides is 1. The first-order valence-corrected chi connectivity index (χ1v) is 7.58. The largest absolute Gasteiger partial charge is 0.355 e. The molecule has 1 amide bonds. The Morgan fingerprint density at radius 1 is 1.32 bits per heavy atom. The lowest BCUT2D eigenvalue weighted by Gasteiger charge is -2.39. The summed E-state index contributed by atoms with van der Waals surface area (Å²) in [4.78, 5) is 14.8. The van der Waals surface area contributed by atoms with Crippen LogP contribution in [0.2, 0.25) is 0 Å². The minimum absolute atomic E-state index is 0.0257. The Kier molecular flexibility index (Phi) is 4.21. The monoisotopic (exact) mass is 267 g/mol. The molecule has 2 fully saturated rings. The molecule has 4 heteroatoms. The van der Waals surface area contributed by atoms with Crippen LogP contribution in [0.25, 0.3) is 0 Å². The van der Waals surface area contributed by atoms with Gasteiger partial charge in [0.05, 0.1) is 5.41 Å². The van der Waals surface area contributed by atoms with Gasteiger partial charge in [0.25, 0.3) is 0 Å². The summed E-state index contributed by atoms with van der Waals surface area (Å²) in [6.07, 6.45) is 5.30. The third-order valence-electron chi connectivity index (χ3n) is 5.42. The van der Waals surface area contributed by atoms with Gasteiger partial charge in [-0.15, -0.1) is 0 Å². The van der Waals surface area contributed by atoms with E-state index in [1.807, 2.05) is 6.92 Å². The van der Waals surface area contributed by atoms with E-state index >= 15 is 0 Å². The first-order valence-electron chi connectivity index (χ1n) is 7.58. The maximum atomic E-state index is 12.4. The van der Waals surface area contributed by atoms with Crippen molar-refractivity contribution in [1.82, 2.24) is 10.2 Å².